The molecule has 1 unspecified atom stereocenters. The zero-order chi connectivity index (χ0) is 16.5. The smallest absolute Gasteiger partial charge is 0.357 e. The zero-order valence-electron chi connectivity index (χ0n) is 11.8. The van der Waals surface area contributed by atoms with Gasteiger partial charge in [0.05, 0.1) is 0 Å². The second kappa shape index (κ2) is 6.17. The van der Waals surface area contributed by atoms with Gasteiger partial charge >= 0.3 is 11.4 Å². The molecule has 0 saturated carbocycles. The van der Waals surface area contributed by atoms with Crippen molar-refractivity contribution in [2.24, 2.45) is 0 Å². The van der Waals surface area contributed by atoms with Crippen LogP contribution >= 0.6 is 0 Å². The molecule has 2 aromatic rings. The summed E-state index contributed by atoms with van der Waals surface area (Å²) in [4.78, 5) is -0.287. The Morgan fingerprint density at radius 1 is 1.00 bits per heavy atom. The third-order valence-electron chi connectivity index (χ3n) is 3.00. The number of benzene rings is 2. The van der Waals surface area contributed by atoms with Crippen LogP contribution in [0, 0.1) is 13.8 Å². The highest BCUT2D eigenvalue weighted by atomic mass is 32.2. The molecule has 118 valence electrons. The van der Waals surface area contributed by atoms with Gasteiger partial charge in [0.1, 0.15) is 4.90 Å². The highest BCUT2D eigenvalue weighted by Gasteiger charge is 2.20. The molecule has 0 saturated heterocycles. The van der Waals surface area contributed by atoms with E-state index in [0.29, 0.717) is 11.1 Å². The van der Waals surface area contributed by atoms with E-state index in [9.17, 15) is 17.2 Å². The second-order valence-corrected chi connectivity index (χ2v) is 6.77. The summed E-state index contributed by atoms with van der Waals surface area (Å²) >= 11 is -2.55. The van der Waals surface area contributed by atoms with Crippen molar-refractivity contribution in [3.63, 3.8) is 0 Å². The van der Waals surface area contributed by atoms with Crippen LogP contribution in [0.15, 0.2) is 41.3 Å². The van der Waals surface area contributed by atoms with Gasteiger partial charge in [-0.2, -0.15) is 12.6 Å². The van der Waals surface area contributed by atoms with E-state index in [-0.39, 0.29) is 16.2 Å². The Bertz CT molecular complexity index is 842. The van der Waals surface area contributed by atoms with E-state index in [1.165, 1.54) is 18.2 Å². The lowest BCUT2D eigenvalue weighted by Crippen LogP contribution is -2.04. The van der Waals surface area contributed by atoms with Gasteiger partial charge in [-0.15, -0.1) is 0 Å². The van der Waals surface area contributed by atoms with Crippen LogP contribution in [0.5, 0.6) is 5.75 Å². The number of hydrogen-bond acceptors (Lipinski definition) is 4. The van der Waals surface area contributed by atoms with Crippen molar-refractivity contribution in [2.75, 3.05) is 0 Å². The van der Waals surface area contributed by atoms with Crippen molar-refractivity contribution >= 4 is 21.5 Å². The van der Waals surface area contributed by atoms with Crippen LogP contribution in [0.25, 0.3) is 11.1 Å². The van der Waals surface area contributed by atoms with E-state index in [1.807, 2.05) is 0 Å². The van der Waals surface area contributed by atoms with Gasteiger partial charge in [-0.25, -0.2) is 0 Å². The van der Waals surface area contributed by atoms with Gasteiger partial charge in [0.25, 0.3) is 10.1 Å². The lowest BCUT2D eigenvalue weighted by Gasteiger charge is -2.13. The Morgan fingerprint density at radius 3 is 2.09 bits per heavy atom. The van der Waals surface area contributed by atoms with Crippen molar-refractivity contribution in [3.8, 4) is 16.9 Å². The molecule has 8 heteroatoms. The standard InChI is InChI=1S/C14H14O6S2/c1-9-3-5-11(13(7-9)20-21(15)16)12-6-4-10(2)8-14(12)22(17,18)19/h3-8H,1-2H3,(H,15,16)(H,17,18,19). The van der Waals surface area contributed by atoms with Gasteiger partial charge in [-0.05, 0) is 37.1 Å². The quantitative estimate of drug-likeness (QED) is 0.654. The van der Waals surface area contributed by atoms with Gasteiger partial charge in [-0.1, -0.05) is 24.3 Å². The van der Waals surface area contributed by atoms with Crippen LogP contribution < -0.4 is 4.18 Å². The van der Waals surface area contributed by atoms with Crippen LogP contribution in [-0.4, -0.2) is 21.7 Å². The van der Waals surface area contributed by atoms with Crippen molar-refractivity contribution < 1.29 is 25.9 Å². The van der Waals surface area contributed by atoms with Crippen LogP contribution in [0.3, 0.4) is 0 Å². The van der Waals surface area contributed by atoms with Gasteiger partial charge < -0.3 is 4.18 Å². The fraction of sp³-hybridized carbons (Fsp3) is 0.143. The van der Waals surface area contributed by atoms with Gasteiger partial charge in [0.15, 0.2) is 5.75 Å². The first-order chi connectivity index (χ1) is 10.2. The number of rotatable bonds is 4. The van der Waals surface area contributed by atoms with E-state index in [1.54, 1.807) is 32.0 Å². The molecular weight excluding hydrogens is 328 g/mol. The fourth-order valence-corrected chi connectivity index (χ4v) is 3.15. The highest BCUT2D eigenvalue weighted by molar-refractivity contribution is 7.86. The third kappa shape index (κ3) is 3.72. The first-order valence-electron chi connectivity index (χ1n) is 6.17. The van der Waals surface area contributed by atoms with E-state index in [0.717, 1.165) is 5.56 Å². The maximum atomic E-state index is 11.6. The van der Waals surface area contributed by atoms with Gasteiger partial charge in [-0.3, -0.25) is 9.11 Å². The maximum Gasteiger partial charge on any atom is 0.357 e. The first kappa shape index (κ1) is 16.6. The SMILES string of the molecule is Cc1ccc(-c2ccc(C)cc2S(=O)(=O)O)c(OS(=O)O)c1. The predicted molar refractivity (Wildman–Crippen MR) is 82.6 cm³/mol. The molecule has 22 heavy (non-hydrogen) atoms. The molecule has 6 nitrogen and oxygen atoms in total. The minimum atomic E-state index is -4.45. The molecule has 2 aromatic carbocycles. The fourth-order valence-electron chi connectivity index (χ4n) is 2.06. The summed E-state index contributed by atoms with van der Waals surface area (Å²) in [5.74, 6) is 0.0505. The topological polar surface area (TPSA) is 101 Å². The summed E-state index contributed by atoms with van der Waals surface area (Å²) in [7, 11) is -4.45. The molecule has 0 amide bonds. The average molecular weight is 342 g/mol. The van der Waals surface area contributed by atoms with Crippen LogP contribution in [0.1, 0.15) is 11.1 Å². The number of hydrogen-bond donors (Lipinski definition) is 2. The summed E-state index contributed by atoms with van der Waals surface area (Å²) < 4.78 is 57.2. The van der Waals surface area contributed by atoms with E-state index in [2.05, 4.69) is 0 Å². The average Bonchev–Trinajstić information content (AvgIpc) is 2.38. The Kier molecular flexibility index (Phi) is 4.66. The molecule has 2 rings (SSSR count). The molecule has 0 aliphatic heterocycles. The Labute approximate surface area is 131 Å². The second-order valence-electron chi connectivity index (χ2n) is 4.77. The largest absolute Gasteiger partial charge is 0.379 e. The number of aryl methyl sites for hydroxylation is 2. The molecule has 0 fully saturated rings. The Morgan fingerprint density at radius 2 is 1.55 bits per heavy atom. The highest BCUT2D eigenvalue weighted by Crippen LogP contribution is 2.36. The molecule has 1 atom stereocenters. The van der Waals surface area contributed by atoms with Crippen LogP contribution in [-0.2, 0) is 21.5 Å². The predicted octanol–water partition coefficient (Wildman–Crippen LogP) is 2.73. The third-order valence-corrected chi connectivity index (χ3v) is 4.22. The van der Waals surface area contributed by atoms with Gasteiger partial charge in [0.2, 0.25) is 0 Å². The van der Waals surface area contributed by atoms with Crippen molar-refractivity contribution in [1.29, 1.82) is 0 Å². The molecule has 0 bridgehead atoms. The first-order valence-corrected chi connectivity index (χ1v) is 8.64. The van der Waals surface area contributed by atoms with Crippen LogP contribution in [0.4, 0.5) is 0 Å². The summed E-state index contributed by atoms with van der Waals surface area (Å²) in [5, 5.41) is 0. The monoisotopic (exact) mass is 342 g/mol. The molecule has 0 aliphatic carbocycles. The minimum absolute atomic E-state index is 0.0505. The van der Waals surface area contributed by atoms with Crippen molar-refractivity contribution in [2.45, 2.75) is 18.7 Å². The zero-order valence-corrected chi connectivity index (χ0v) is 13.4. The molecule has 0 heterocycles. The summed E-state index contributed by atoms with van der Waals surface area (Å²) in [6.45, 7) is 3.45. The summed E-state index contributed by atoms with van der Waals surface area (Å²) in [5.41, 5.74) is 1.90. The molecule has 0 radical (unpaired) electrons. The molecule has 0 spiro atoms. The molecule has 0 aromatic heterocycles. The van der Waals surface area contributed by atoms with Crippen molar-refractivity contribution in [3.05, 3.63) is 47.5 Å². The maximum absolute atomic E-state index is 11.6. The van der Waals surface area contributed by atoms with E-state index >= 15 is 0 Å². The molecule has 0 aliphatic rings. The van der Waals surface area contributed by atoms with E-state index < -0.39 is 21.5 Å². The lowest BCUT2D eigenvalue weighted by atomic mass is 10.0. The molecule has 2 N–H and O–H groups in total. The minimum Gasteiger partial charge on any atom is -0.379 e. The summed E-state index contributed by atoms with van der Waals surface area (Å²) in [6.07, 6.45) is 0. The van der Waals surface area contributed by atoms with Gasteiger partial charge in [0, 0.05) is 11.1 Å². The van der Waals surface area contributed by atoms with Crippen LogP contribution in [0.2, 0.25) is 0 Å². The lowest BCUT2D eigenvalue weighted by molar-refractivity contribution is 0.458. The Hall–Kier alpha value is -1.74. The normalized spacial score (nSPS) is 12.9. The Balaban J connectivity index is 2.75. The van der Waals surface area contributed by atoms with Crippen molar-refractivity contribution in [1.82, 2.24) is 0 Å². The summed E-state index contributed by atoms with van der Waals surface area (Å²) in [6, 6.07) is 9.29. The van der Waals surface area contributed by atoms with E-state index in [4.69, 9.17) is 8.74 Å². The molecular formula is C14H14O6S2.